The number of para-hydroxylation sites is 1. The van der Waals surface area contributed by atoms with Crippen LogP contribution in [0.1, 0.15) is 18.4 Å². The summed E-state index contributed by atoms with van der Waals surface area (Å²) < 4.78 is 10.7. The van der Waals surface area contributed by atoms with Crippen molar-refractivity contribution in [1.82, 2.24) is 4.90 Å². The molecule has 1 aromatic rings. The third-order valence-corrected chi connectivity index (χ3v) is 3.53. The molecule has 5 heteroatoms. The highest BCUT2D eigenvalue weighted by molar-refractivity contribution is 5.42. The molecule has 0 spiro atoms. The van der Waals surface area contributed by atoms with Crippen LogP contribution >= 0.6 is 0 Å². The first-order chi connectivity index (χ1) is 10.2. The van der Waals surface area contributed by atoms with E-state index in [0.717, 1.165) is 6.54 Å². The summed E-state index contributed by atoms with van der Waals surface area (Å²) in [6.07, 6.45) is 1.80. The molecular formula is C16H22N2O3. The highest BCUT2D eigenvalue weighted by atomic mass is 16.5. The van der Waals surface area contributed by atoms with E-state index < -0.39 is 6.10 Å². The maximum absolute atomic E-state index is 10.1. The van der Waals surface area contributed by atoms with Gasteiger partial charge in [0.15, 0.2) is 0 Å². The normalized spacial score (nSPS) is 15.7. The number of nitriles is 1. The van der Waals surface area contributed by atoms with Crippen molar-refractivity contribution < 1.29 is 14.6 Å². The Labute approximate surface area is 125 Å². The van der Waals surface area contributed by atoms with E-state index in [9.17, 15) is 5.11 Å². The van der Waals surface area contributed by atoms with Crippen LogP contribution in [0.15, 0.2) is 24.3 Å². The molecular weight excluding hydrogens is 268 g/mol. The Hall–Kier alpha value is -1.61. The summed E-state index contributed by atoms with van der Waals surface area (Å²) in [5.74, 6) is 0.522. The lowest BCUT2D eigenvalue weighted by Gasteiger charge is -2.24. The molecule has 1 saturated carbocycles. The standard InChI is InChI=1S/C16H22N2O3/c1-20-9-8-18(14-6-7-14)11-15(19)12-21-16-5-3-2-4-13(16)10-17/h2-5,14-15,19H,6-9,11-12H2,1H3. The van der Waals surface area contributed by atoms with Crippen LogP contribution in [-0.4, -0.2) is 55.6 Å². The van der Waals surface area contributed by atoms with Gasteiger partial charge in [-0.15, -0.1) is 0 Å². The van der Waals surface area contributed by atoms with Crippen LogP contribution in [0, 0.1) is 11.3 Å². The van der Waals surface area contributed by atoms with Crippen molar-refractivity contribution in [1.29, 1.82) is 5.26 Å². The van der Waals surface area contributed by atoms with Gasteiger partial charge < -0.3 is 14.6 Å². The molecule has 1 aliphatic rings. The van der Waals surface area contributed by atoms with Crippen molar-refractivity contribution in [2.75, 3.05) is 33.4 Å². The Kier molecular flexibility index (Phi) is 6.00. The van der Waals surface area contributed by atoms with Crippen LogP contribution in [0.25, 0.3) is 0 Å². The highest BCUT2D eigenvalue weighted by Gasteiger charge is 2.30. The third-order valence-electron chi connectivity index (χ3n) is 3.53. The minimum atomic E-state index is -0.575. The van der Waals surface area contributed by atoms with E-state index in [1.54, 1.807) is 25.3 Å². The van der Waals surface area contributed by atoms with E-state index in [0.29, 0.717) is 30.5 Å². The summed E-state index contributed by atoms with van der Waals surface area (Å²) in [6.45, 7) is 2.26. The number of aliphatic hydroxyl groups excluding tert-OH is 1. The molecule has 0 aromatic heterocycles. The lowest BCUT2D eigenvalue weighted by molar-refractivity contribution is 0.0539. The number of rotatable bonds is 9. The molecule has 1 unspecified atom stereocenters. The van der Waals surface area contributed by atoms with E-state index in [1.165, 1.54) is 12.8 Å². The van der Waals surface area contributed by atoms with Crippen molar-refractivity contribution in [3.63, 3.8) is 0 Å². The molecule has 2 rings (SSSR count). The van der Waals surface area contributed by atoms with Gasteiger partial charge in [-0.2, -0.15) is 5.26 Å². The van der Waals surface area contributed by atoms with Crippen LogP contribution in [-0.2, 0) is 4.74 Å². The topological polar surface area (TPSA) is 65.7 Å². The summed E-state index contributed by atoms with van der Waals surface area (Å²) in [5, 5.41) is 19.1. The van der Waals surface area contributed by atoms with Gasteiger partial charge in [-0.25, -0.2) is 0 Å². The van der Waals surface area contributed by atoms with Gasteiger partial charge >= 0.3 is 0 Å². The van der Waals surface area contributed by atoms with Gasteiger partial charge in [-0.05, 0) is 25.0 Å². The zero-order valence-electron chi connectivity index (χ0n) is 12.4. The molecule has 1 fully saturated rings. The van der Waals surface area contributed by atoms with E-state index in [1.807, 2.05) is 6.07 Å². The van der Waals surface area contributed by atoms with Gasteiger partial charge in [-0.3, -0.25) is 4.90 Å². The smallest absolute Gasteiger partial charge is 0.137 e. The minimum absolute atomic E-state index is 0.189. The Morgan fingerprint density at radius 2 is 2.19 bits per heavy atom. The molecule has 0 bridgehead atoms. The second-order valence-corrected chi connectivity index (χ2v) is 5.29. The van der Waals surface area contributed by atoms with E-state index in [2.05, 4.69) is 11.0 Å². The van der Waals surface area contributed by atoms with Crippen LogP contribution < -0.4 is 4.74 Å². The average Bonchev–Trinajstić information content (AvgIpc) is 3.34. The Bertz CT molecular complexity index is 483. The van der Waals surface area contributed by atoms with Gasteiger partial charge in [0.2, 0.25) is 0 Å². The molecule has 0 amide bonds. The minimum Gasteiger partial charge on any atom is -0.489 e. The number of nitrogens with zero attached hydrogens (tertiary/aromatic N) is 2. The van der Waals surface area contributed by atoms with Gasteiger partial charge in [0.25, 0.3) is 0 Å². The third kappa shape index (κ3) is 5.01. The largest absolute Gasteiger partial charge is 0.489 e. The molecule has 0 radical (unpaired) electrons. The molecule has 5 nitrogen and oxygen atoms in total. The van der Waals surface area contributed by atoms with Crippen LogP contribution in [0.4, 0.5) is 0 Å². The first-order valence-corrected chi connectivity index (χ1v) is 7.27. The fraction of sp³-hybridized carbons (Fsp3) is 0.562. The SMILES string of the molecule is COCCN(CC(O)COc1ccccc1C#N)C1CC1. The predicted molar refractivity (Wildman–Crippen MR) is 79.1 cm³/mol. The summed E-state index contributed by atoms with van der Waals surface area (Å²) in [4.78, 5) is 2.24. The Morgan fingerprint density at radius 1 is 1.43 bits per heavy atom. The van der Waals surface area contributed by atoms with Crippen LogP contribution in [0.2, 0.25) is 0 Å². The number of hydrogen-bond donors (Lipinski definition) is 1. The van der Waals surface area contributed by atoms with Crippen molar-refractivity contribution in [3.8, 4) is 11.8 Å². The van der Waals surface area contributed by atoms with Gasteiger partial charge in [0.05, 0.1) is 12.2 Å². The zero-order valence-corrected chi connectivity index (χ0v) is 12.4. The molecule has 1 aromatic carbocycles. The highest BCUT2D eigenvalue weighted by Crippen LogP contribution is 2.26. The second-order valence-electron chi connectivity index (χ2n) is 5.29. The number of ether oxygens (including phenoxy) is 2. The number of aliphatic hydroxyl groups is 1. The molecule has 114 valence electrons. The summed E-state index contributed by atoms with van der Waals surface area (Å²) in [6, 6.07) is 9.71. The van der Waals surface area contributed by atoms with Crippen molar-refractivity contribution in [3.05, 3.63) is 29.8 Å². The van der Waals surface area contributed by atoms with Crippen molar-refractivity contribution in [2.45, 2.75) is 25.0 Å². The molecule has 1 N–H and O–H groups in total. The summed E-state index contributed by atoms with van der Waals surface area (Å²) in [5.41, 5.74) is 0.489. The van der Waals surface area contributed by atoms with Crippen LogP contribution in [0.3, 0.4) is 0 Å². The maximum Gasteiger partial charge on any atom is 0.137 e. The van der Waals surface area contributed by atoms with E-state index in [-0.39, 0.29) is 6.61 Å². The summed E-state index contributed by atoms with van der Waals surface area (Å²) >= 11 is 0. The van der Waals surface area contributed by atoms with Crippen molar-refractivity contribution >= 4 is 0 Å². The monoisotopic (exact) mass is 290 g/mol. The Balaban J connectivity index is 1.80. The second kappa shape index (κ2) is 7.99. The van der Waals surface area contributed by atoms with Crippen molar-refractivity contribution in [2.24, 2.45) is 0 Å². The van der Waals surface area contributed by atoms with Crippen LogP contribution in [0.5, 0.6) is 5.75 Å². The Morgan fingerprint density at radius 3 is 2.86 bits per heavy atom. The number of benzene rings is 1. The molecule has 0 heterocycles. The zero-order chi connectivity index (χ0) is 15.1. The van der Waals surface area contributed by atoms with Gasteiger partial charge in [0.1, 0.15) is 24.5 Å². The molecule has 0 aliphatic heterocycles. The molecule has 1 aliphatic carbocycles. The number of methoxy groups -OCH3 is 1. The number of hydrogen-bond acceptors (Lipinski definition) is 5. The quantitative estimate of drug-likeness (QED) is 0.745. The predicted octanol–water partition coefficient (Wildman–Crippen LogP) is 1.41. The van der Waals surface area contributed by atoms with E-state index in [4.69, 9.17) is 14.7 Å². The molecule has 21 heavy (non-hydrogen) atoms. The average molecular weight is 290 g/mol. The summed E-state index contributed by atoms with van der Waals surface area (Å²) in [7, 11) is 1.68. The fourth-order valence-corrected chi connectivity index (χ4v) is 2.27. The fourth-order valence-electron chi connectivity index (χ4n) is 2.27. The lowest BCUT2D eigenvalue weighted by atomic mass is 10.2. The maximum atomic E-state index is 10.1. The molecule has 1 atom stereocenters. The van der Waals surface area contributed by atoms with Gasteiger partial charge in [-0.1, -0.05) is 12.1 Å². The first-order valence-electron chi connectivity index (χ1n) is 7.27. The lowest BCUT2D eigenvalue weighted by Crippen LogP contribution is -2.39. The first kappa shape index (κ1) is 15.8. The van der Waals surface area contributed by atoms with Gasteiger partial charge in [0, 0.05) is 26.2 Å². The van der Waals surface area contributed by atoms with E-state index >= 15 is 0 Å². The molecule has 0 saturated heterocycles.